The lowest BCUT2D eigenvalue weighted by Crippen LogP contribution is -2.31. The zero-order valence-electron chi connectivity index (χ0n) is 11.5. The molecule has 0 aromatic heterocycles. The Kier molecular flexibility index (Phi) is 5.89. The molecule has 0 atom stereocenters. The molecule has 1 saturated heterocycles. The number of thioether (sulfide) groups is 1. The smallest absolute Gasteiger partial charge is 0.215 e. The van der Waals surface area contributed by atoms with E-state index in [0.717, 1.165) is 35.5 Å². The van der Waals surface area contributed by atoms with Gasteiger partial charge in [-0.2, -0.15) is 11.8 Å². The van der Waals surface area contributed by atoms with Crippen LogP contribution in [0.2, 0.25) is 0 Å². The fourth-order valence-electron chi connectivity index (χ4n) is 2.24. The van der Waals surface area contributed by atoms with E-state index in [-0.39, 0.29) is 5.75 Å². The predicted octanol–water partition coefficient (Wildman–Crippen LogP) is 1.71. The van der Waals surface area contributed by atoms with E-state index in [1.54, 1.807) is 0 Å². The van der Waals surface area contributed by atoms with Gasteiger partial charge in [0.2, 0.25) is 10.0 Å². The van der Waals surface area contributed by atoms with Gasteiger partial charge in [-0.25, -0.2) is 13.1 Å². The molecule has 0 unspecified atom stereocenters. The molecular formula is C14H22N2O2S2. The minimum atomic E-state index is -3.24. The monoisotopic (exact) mass is 314 g/mol. The van der Waals surface area contributed by atoms with Crippen LogP contribution in [0.4, 0.5) is 0 Å². The summed E-state index contributed by atoms with van der Waals surface area (Å²) >= 11 is 1.95. The molecular weight excluding hydrogens is 292 g/mol. The topological polar surface area (TPSA) is 72.2 Å². The molecule has 6 heteroatoms. The summed E-state index contributed by atoms with van der Waals surface area (Å²) < 4.78 is 26.9. The second-order valence-electron chi connectivity index (χ2n) is 5.18. The average molecular weight is 314 g/mol. The minimum absolute atomic E-state index is 0.0410. The number of sulfonamides is 1. The molecule has 0 saturated carbocycles. The zero-order chi connectivity index (χ0) is 14.4. The standard InChI is InChI=1S/C14H22N2O2S2/c15-9-12-1-3-14(4-2-12)11-20(17,18)16-10-13-5-7-19-8-6-13/h1-4,13,16H,5-11,15H2. The lowest BCUT2D eigenvalue weighted by atomic mass is 10.0. The van der Waals surface area contributed by atoms with E-state index in [2.05, 4.69) is 4.72 Å². The zero-order valence-corrected chi connectivity index (χ0v) is 13.2. The molecule has 1 aromatic rings. The number of rotatable bonds is 6. The van der Waals surface area contributed by atoms with E-state index in [1.807, 2.05) is 36.0 Å². The summed E-state index contributed by atoms with van der Waals surface area (Å²) in [5.41, 5.74) is 7.34. The van der Waals surface area contributed by atoms with Crippen LogP contribution in [0.25, 0.3) is 0 Å². The average Bonchev–Trinajstić information content (AvgIpc) is 2.47. The van der Waals surface area contributed by atoms with Gasteiger partial charge >= 0.3 is 0 Å². The van der Waals surface area contributed by atoms with Crippen LogP contribution in [-0.2, 0) is 22.3 Å². The van der Waals surface area contributed by atoms with Crippen molar-refractivity contribution in [3.63, 3.8) is 0 Å². The van der Waals surface area contributed by atoms with Gasteiger partial charge in [-0.1, -0.05) is 24.3 Å². The maximum Gasteiger partial charge on any atom is 0.215 e. The van der Waals surface area contributed by atoms with Gasteiger partial charge in [0.25, 0.3) is 0 Å². The maximum absolute atomic E-state index is 12.1. The van der Waals surface area contributed by atoms with Crippen LogP contribution in [0, 0.1) is 5.92 Å². The summed E-state index contributed by atoms with van der Waals surface area (Å²) in [7, 11) is -3.24. The van der Waals surface area contributed by atoms with E-state index < -0.39 is 10.0 Å². The van der Waals surface area contributed by atoms with Crippen LogP contribution in [0.1, 0.15) is 24.0 Å². The molecule has 20 heavy (non-hydrogen) atoms. The third-order valence-electron chi connectivity index (χ3n) is 3.55. The SMILES string of the molecule is NCc1ccc(CS(=O)(=O)NCC2CCSCC2)cc1. The quantitative estimate of drug-likeness (QED) is 0.838. The van der Waals surface area contributed by atoms with Crippen molar-refractivity contribution in [3.8, 4) is 0 Å². The molecule has 112 valence electrons. The van der Waals surface area contributed by atoms with Gasteiger partial charge in [0.05, 0.1) is 5.75 Å². The van der Waals surface area contributed by atoms with Crippen molar-refractivity contribution in [3.05, 3.63) is 35.4 Å². The molecule has 1 aromatic carbocycles. The number of hydrogen-bond donors (Lipinski definition) is 2. The normalized spacial score (nSPS) is 17.2. The highest BCUT2D eigenvalue weighted by Crippen LogP contribution is 2.22. The molecule has 0 spiro atoms. The summed E-state index contributed by atoms with van der Waals surface area (Å²) in [4.78, 5) is 0. The third kappa shape index (κ3) is 5.09. The molecule has 1 aliphatic rings. The number of nitrogens with one attached hydrogen (secondary N) is 1. The first-order valence-electron chi connectivity index (χ1n) is 6.92. The molecule has 0 bridgehead atoms. The fraction of sp³-hybridized carbons (Fsp3) is 0.571. The Hall–Kier alpha value is -0.560. The first kappa shape index (κ1) is 15.8. The highest BCUT2D eigenvalue weighted by molar-refractivity contribution is 7.99. The Morgan fingerprint density at radius 3 is 2.35 bits per heavy atom. The molecule has 3 N–H and O–H groups in total. The molecule has 0 aliphatic carbocycles. The Labute approximate surface area is 125 Å². The van der Waals surface area contributed by atoms with Crippen molar-refractivity contribution in [1.29, 1.82) is 0 Å². The number of benzene rings is 1. The van der Waals surface area contributed by atoms with Crippen LogP contribution >= 0.6 is 11.8 Å². The molecule has 1 fully saturated rings. The van der Waals surface area contributed by atoms with Crippen molar-refractivity contribution in [2.75, 3.05) is 18.1 Å². The predicted molar refractivity (Wildman–Crippen MR) is 85.0 cm³/mol. The van der Waals surface area contributed by atoms with Gasteiger partial charge in [-0.3, -0.25) is 0 Å². The largest absolute Gasteiger partial charge is 0.326 e. The van der Waals surface area contributed by atoms with Crippen LogP contribution in [0.3, 0.4) is 0 Å². The van der Waals surface area contributed by atoms with E-state index in [1.165, 1.54) is 0 Å². The summed E-state index contributed by atoms with van der Waals surface area (Å²) in [5.74, 6) is 2.82. The van der Waals surface area contributed by atoms with E-state index in [9.17, 15) is 8.42 Å². The first-order valence-corrected chi connectivity index (χ1v) is 9.73. The maximum atomic E-state index is 12.1. The minimum Gasteiger partial charge on any atom is -0.326 e. The van der Waals surface area contributed by atoms with E-state index in [4.69, 9.17) is 5.73 Å². The third-order valence-corrected chi connectivity index (χ3v) is 5.92. The van der Waals surface area contributed by atoms with Crippen molar-refractivity contribution >= 4 is 21.8 Å². The first-order chi connectivity index (χ1) is 9.59. The Balaban J connectivity index is 1.85. The van der Waals surface area contributed by atoms with E-state index >= 15 is 0 Å². The lowest BCUT2D eigenvalue weighted by Gasteiger charge is -2.21. The van der Waals surface area contributed by atoms with Gasteiger partial charge in [0.1, 0.15) is 0 Å². The Bertz CT molecular complexity index is 508. The molecule has 1 heterocycles. The van der Waals surface area contributed by atoms with Crippen molar-refractivity contribution in [2.24, 2.45) is 11.7 Å². The van der Waals surface area contributed by atoms with Crippen molar-refractivity contribution < 1.29 is 8.42 Å². The lowest BCUT2D eigenvalue weighted by molar-refractivity contribution is 0.476. The summed E-state index contributed by atoms with van der Waals surface area (Å²) in [6.45, 7) is 1.05. The Morgan fingerprint density at radius 1 is 1.15 bits per heavy atom. The van der Waals surface area contributed by atoms with Crippen molar-refractivity contribution in [2.45, 2.75) is 25.1 Å². The second kappa shape index (κ2) is 7.45. The fourth-order valence-corrected chi connectivity index (χ4v) is 4.66. The molecule has 4 nitrogen and oxygen atoms in total. The summed E-state index contributed by atoms with van der Waals surface area (Å²) in [6, 6.07) is 7.42. The highest BCUT2D eigenvalue weighted by atomic mass is 32.2. The highest BCUT2D eigenvalue weighted by Gasteiger charge is 2.17. The van der Waals surface area contributed by atoms with Crippen LogP contribution in [0.15, 0.2) is 24.3 Å². The number of nitrogens with two attached hydrogens (primary N) is 1. The van der Waals surface area contributed by atoms with Gasteiger partial charge < -0.3 is 5.73 Å². The van der Waals surface area contributed by atoms with Crippen molar-refractivity contribution in [1.82, 2.24) is 4.72 Å². The summed E-state index contributed by atoms with van der Waals surface area (Å²) in [5, 5.41) is 0. The Morgan fingerprint density at radius 2 is 1.75 bits per heavy atom. The van der Waals surface area contributed by atoms with Gasteiger partial charge in [0, 0.05) is 13.1 Å². The second-order valence-corrected chi connectivity index (χ2v) is 8.22. The van der Waals surface area contributed by atoms with Gasteiger partial charge in [-0.15, -0.1) is 0 Å². The van der Waals surface area contributed by atoms with Crippen LogP contribution in [-0.4, -0.2) is 26.5 Å². The summed E-state index contributed by atoms with van der Waals surface area (Å²) in [6.07, 6.45) is 2.22. The van der Waals surface area contributed by atoms with Gasteiger partial charge in [-0.05, 0) is 41.4 Å². The number of hydrogen-bond acceptors (Lipinski definition) is 4. The molecule has 0 radical (unpaired) electrons. The molecule has 0 amide bonds. The van der Waals surface area contributed by atoms with E-state index in [0.29, 0.717) is 19.0 Å². The molecule has 1 aliphatic heterocycles. The van der Waals surface area contributed by atoms with Crippen LogP contribution < -0.4 is 10.5 Å². The van der Waals surface area contributed by atoms with Crippen LogP contribution in [0.5, 0.6) is 0 Å². The van der Waals surface area contributed by atoms with Gasteiger partial charge in [0.15, 0.2) is 0 Å². The molecule has 2 rings (SSSR count).